The van der Waals surface area contributed by atoms with E-state index in [-0.39, 0.29) is 22.2 Å². The second kappa shape index (κ2) is 6.66. The minimum atomic E-state index is -3.78. The van der Waals surface area contributed by atoms with E-state index in [4.69, 9.17) is 16.7 Å². The van der Waals surface area contributed by atoms with Crippen molar-refractivity contribution in [2.75, 3.05) is 4.72 Å². The monoisotopic (exact) mass is 453 g/mol. The molecule has 0 aromatic heterocycles. The number of sulfonamides is 1. The fourth-order valence-electron chi connectivity index (χ4n) is 1.63. The molecule has 0 amide bonds. The molecule has 0 aliphatic carbocycles. The molecule has 0 bridgehead atoms. The highest BCUT2D eigenvalue weighted by atomic mass is 79.9. The van der Waals surface area contributed by atoms with Crippen LogP contribution in [-0.4, -0.2) is 13.5 Å². The highest BCUT2D eigenvalue weighted by molar-refractivity contribution is 9.10. The van der Waals surface area contributed by atoms with Gasteiger partial charge < -0.3 is 5.11 Å². The first-order chi connectivity index (χ1) is 9.83. The molecule has 2 rings (SSSR count). The fourth-order valence-corrected chi connectivity index (χ4v) is 4.62. The van der Waals surface area contributed by atoms with Gasteiger partial charge in [0.2, 0.25) is 0 Å². The molecule has 0 fully saturated rings. The third-order valence-electron chi connectivity index (χ3n) is 2.64. The molecule has 21 heavy (non-hydrogen) atoms. The minimum absolute atomic E-state index is 0.0682. The lowest BCUT2D eigenvalue weighted by atomic mass is 10.2. The van der Waals surface area contributed by atoms with Gasteiger partial charge in [-0.15, -0.1) is 0 Å². The summed E-state index contributed by atoms with van der Waals surface area (Å²) in [5, 5.41) is 9.33. The number of aliphatic hydroxyl groups is 1. The fraction of sp³-hybridized carbons (Fsp3) is 0.0769. The van der Waals surface area contributed by atoms with Crippen molar-refractivity contribution in [1.29, 1.82) is 0 Å². The number of nitrogens with one attached hydrogen (secondary N) is 1. The number of aliphatic hydroxyl groups excluding tert-OH is 1. The van der Waals surface area contributed by atoms with Crippen molar-refractivity contribution in [1.82, 2.24) is 0 Å². The lowest BCUT2D eigenvalue weighted by Crippen LogP contribution is -2.14. The summed E-state index contributed by atoms with van der Waals surface area (Å²) in [6, 6.07) is 9.38. The summed E-state index contributed by atoms with van der Waals surface area (Å²) < 4.78 is 28.3. The van der Waals surface area contributed by atoms with E-state index in [0.29, 0.717) is 10.0 Å². The molecule has 2 aromatic rings. The molecular weight excluding hydrogens is 445 g/mol. The topological polar surface area (TPSA) is 66.4 Å². The first kappa shape index (κ1) is 16.8. The van der Waals surface area contributed by atoms with E-state index in [0.717, 1.165) is 4.47 Å². The molecule has 0 saturated heterocycles. The summed E-state index contributed by atoms with van der Waals surface area (Å²) in [6.07, 6.45) is 0. The Labute approximate surface area is 144 Å². The van der Waals surface area contributed by atoms with Gasteiger partial charge in [-0.2, -0.15) is 0 Å². The van der Waals surface area contributed by atoms with Gasteiger partial charge in [0, 0.05) is 8.95 Å². The molecule has 0 atom stereocenters. The first-order valence-corrected chi connectivity index (χ1v) is 9.15. The Morgan fingerprint density at radius 1 is 1.14 bits per heavy atom. The number of benzene rings is 2. The van der Waals surface area contributed by atoms with Crippen LogP contribution in [0, 0.1) is 0 Å². The molecule has 0 saturated carbocycles. The molecular formula is C13H10Br2ClNO3S. The summed E-state index contributed by atoms with van der Waals surface area (Å²) in [5.41, 5.74) is 0.903. The second-order valence-electron chi connectivity index (χ2n) is 4.15. The van der Waals surface area contributed by atoms with Crippen LogP contribution < -0.4 is 4.72 Å². The quantitative estimate of drug-likeness (QED) is 0.728. The Morgan fingerprint density at radius 2 is 1.86 bits per heavy atom. The standard InChI is InChI=1S/C13H10Br2ClNO3S/c14-9-2-3-12(11(16)6-9)17-21(19,20)13-4-1-8(7-18)5-10(13)15/h1-6,17-18H,7H2. The largest absolute Gasteiger partial charge is 0.392 e. The van der Waals surface area contributed by atoms with Crippen LogP contribution in [0.1, 0.15) is 5.56 Å². The average Bonchev–Trinajstić information content (AvgIpc) is 2.41. The SMILES string of the molecule is O=S(=O)(Nc1ccc(Br)cc1Cl)c1ccc(CO)cc1Br. The van der Waals surface area contributed by atoms with Crippen LogP contribution >= 0.6 is 43.5 Å². The number of hydrogen-bond donors (Lipinski definition) is 2. The van der Waals surface area contributed by atoms with E-state index in [1.807, 2.05) is 0 Å². The van der Waals surface area contributed by atoms with Crippen LogP contribution in [0.2, 0.25) is 5.02 Å². The molecule has 0 spiro atoms. The van der Waals surface area contributed by atoms with Gasteiger partial charge in [0.15, 0.2) is 0 Å². The van der Waals surface area contributed by atoms with Gasteiger partial charge in [0.25, 0.3) is 10.0 Å². The number of halogens is 3. The van der Waals surface area contributed by atoms with E-state index < -0.39 is 10.0 Å². The van der Waals surface area contributed by atoms with E-state index in [2.05, 4.69) is 36.6 Å². The van der Waals surface area contributed by atoms with Crippen LogP contribution in [0.25, 0.3) is 0 Å². The molecule has 0 radical (unpaired) electrons. The number of anilines is 1. The molecule has 8 heteroatoms. The summed E-state index contributed by atoms with van der Waals surface area (Å²) >= 11 is 12.5. The van der Waals surface area contributed by atoms with Crippen molar-refractivity contribution in [2.24, 2.45) is 0 Å². The second-order valence-corrected chi connectivity index (χ2v) is 7.98. The Bertz CT molecular complexity index is 781. The number of rotatable bonds is 4. The van der Waals surface area contributed by atoms with Gasteiger partial charge in [-0.1, -0.05) is 33.6 Å². The smallest absolute Gasteiger partial charge is 0.263 e. The van der Waals surface area contributed by atoms with Gasteiger partial charge in [-0.05, 0) is 51.8 Å². The Balaban J connectivity index is 2.38. The van der Waals surface area contributed by atoms with Crippen molar-refractivity contribution < 1.29 is 13.5 Å². The lowest BCUT2D eigenvalue weighted by Gasteiger charge is -2.12. The Kier molecular flexibility index (Phi) is 5.32. The predicted molar refractivity (Wildman–Crippen MR) is 90.0 cm³/mol. The van der Waals surface area contributed by atoms with Crippen LogP contribution in [0.5, 0.6) is 0 Å². The van der Waals surface area contributed by atoms with Crippen molar-refractivity contribution in [3.05, 3.63) is 55.9 Å². The van der Waals surface area contributed by atoms with E-state index >= 15 is 0 Å². The maximum Gasteiger partial charge on any atom is 0.263 e. The summed E-state index contributed by atoms with van der Waals surface area (Å²) in [7, 11) is -3.78. The summed E-state index contributed by atoms with van der Waals surface area (Å²) in [6.45, 7) is -0.162. The lowest BCUT2D eigenvalue weighted by molar-refractivity contribution is 0.281. The zero-order chi connectivity index (χ0) is 15.6. The highest BCUT2D eigenvalue weighted by Crippen LogP contribution is 2.30. The van der Waals surface area contributed by atoms with Crippen molar-refractivity contribution >= 4 is 59.2 Å². The van der Waals surface area contributed by atoms with Gasteiger partial charge in [0.1, 0.15) is 4.90 Å². The Hall–Kier alpha value is -0.600. The zero-order valence-electron chi connectivity index (χ0n) is 10.5. The van der Waals surface area contributed by atoms with Gasteiger partial charge >= 0.3 is 0 Å². The van der Waals surface area contributed by atoms with Crippen molar-refractivity contribution in [3.8, 4) is 0 Å². The first-order valence-electron chi connectivity index (χ1n) is 5.70. The van der Waals surface area contributed by atoms with E-state index in [9.17, 15) is 8.42 Å². The minimum Gasteiger partial charge on any atom is -0.392 e. The Morgan fingerprint density at radius 3 is 2.43 bits per heavy atom. The van der Waals surface area contributed by atoms with E-state index in [1.165, 1.54) is 6.07 Å². The predicted octanol–water partition coefficient (Wildman–Crippen LogP) is 4.16. The van der Waals surface area contributed by atoms with Crippen LogP contribution in [0.4, 0.5) is 5.69 Å². The maximum atomic E-state index is 12.4. The van der Waals surface area contributed by atoms with Crippen molar-refractivity contribution in [2.45, 2.75) is 11.5 Å². The highest BCUT2D eigenvalue weighted by Gasteiger charge is 2.19. The van der Waals surface area contributed by atoms with Gasteiger partial charge in [-0.3, -0.25) is 4.72 Å². The molecule has 0 aliphatic rings. The normalized spacial score (nSPS) is 11.4. The molecule has 2 N–H and O–H groups in total. The molecule has 0 heterocycles. The molecule has 4 nitrogen and oxygen atoms in total. The number of hydrogen-bond acceptors (Lipinski definition) is 3. The van der Waals surface area contributed by atoms with Crippen LogP contribution in [-0.2, 0) is 16.6 Å². The molecule has 0 aliphatic heterocycles. The third kappa shape index (κ3) is 3.98. The summed E-state index contributed by atoms with van der Waals surface area (Å²) in [4.78, 5) is 0.0682. The van der Waals surface area contributed by atoms with Crippen molar-refractivity contribution in [3.63, 3.8) is 0 Å². The maximum absolute atomic E-state index is 12.4. The van der Waals surface area contributed by atoms with Gasteiger partial charge in [-0.25, -0.2) is 8.42 Å². The van der Waals surface area contributed by atoms with Gasteiger partial charge in [0.05, 0.1) is 17.3 Å². The molecule has 2 aromatic carbocycles. The molecule has 0 unspecified atom stereocenters. The summed E-state index contributed by atoms with van der Waals surface area (Å²) in [5.74, 6) is 0. The average molecular weight is 456 g/mol. The molecule has 112 valence electrons. The van der Waals surface area contributed by atoms with Crippen LogP contribution in [0.15, 0.2) is 50.2 Å². The van der Waals surface area contributed by atoms with E-state index in [1.54, 1.807) is 30.3 Å². The third-order valence-corrected chi connectivity index (χ3v) is 5.79. The van der Waals surface area contributed by atoms with Crippen LogP contribution in [0.3, 0.4) is 0 Å². The zero-order valence-corrected chi connectivity index (χ0v) is 15.2.